The molecule has 0 saturated carbocycles. The zero-order valence-corrected chi connectivity index (χ0v) is 15.8. The third-order valence-electron chi connectivity index (χ3n) is 4.89. The first kappa shape index (κ1) is 20.0. The Balaban J connectivity index is 2.14. The average Bonchev–Trinajstić information content (AvgIpc) is 2.64. The third-order valence-corrected chi connectivity index (χ3v) is 5.25. The zero-order valence-electron chi connectivity index (χ0n) is 15.0. The van der Waals surface area contributed by atoms with Crippen LogP contribution in [0.1, 0.15) is 10.4 Å². The number of aromatic carboxylic acids is 1. The molecule has 1 aromatic heterocycles. The Morgan fingerprint density at radius 2 is 1.80 bits per heavy atom. The minimum Gasteiger partial charge on any atom is -0.477 e. The molecule has 3 aromatic rings. The highest BCUT2D eigenvalue weighted by molar-refractivity contribution is 6.38. The van der Waals surface area contributed by atoms with Crippen molar-refractivity contribution in [3.8, 4) is 5.69 Å². The van der Waals surface area contributed by atoms with E-state index in [1.54, 1.807) is 0 Å². The SMILES string of the molecule is Nc1cc(-n2cc(C(=O)O)c(=O)c3cc(F)c(N4CC(O)C4)c(Cl)c32)c(F)cc1F. The van der Waals surface area contributed by atoms with Crippen LogP contribution in [0.3, 0.4) is 0 Å². The summed E-state index contributed by atoms with van der Waals surface area (Å²) in [5.41, 5.74) is 2.59. The molecule has 1 aliphatic rings. The summed E-state index contributed by atoms with van der Waals surface area (Å²) in [6.45, 7) is 0.162. The summed E-state index contributed by atoms with van der Waals surface area (Å²) in [6, 6.07) is 2.21. The lowest BCUT2D eigenvalue weighted by atomic mass is 10.1. The van der Waals surface area contributed by atoms with Crippen LogP contribution >= 0.6 is 11.6 Å². The van der Waals surface area contributed by atoms with Crippen LogP contribution in [0.15, 0.2) is 29.2 Å². The van der Waals surface area contributed by atoms with Crippen molar-refractivity contribution in [2.75, 3.05) is 23.7 Å². The molecule has 0 atom stereocenters. The molecular weight excluding hydrogens is 427 g/mol. The fourth-order valence-electron chi connectivity index (χ4n) is 3.41. The number of carbonyl (C=O) groups is 1. The Morgan fingerprint density at radius 1 is 1.13 bits per heavy atom. The summed E-state index contributed by atoms with van der Waals surface area (Å²) in [5.74, 6) is -4.68. The fourth-order valence-corrected chi connectivity index (χ4v) is 3.82. The Kier molecular flexibility index (Phi) is 4.63. The van der Waals surface area contributed by atoms with Crippen molar-refractivity contribution in [3.63, 3.8) is 0 Å². The summed E-state index contributed by atoms with van der Waals surface area (Å²) in [7, 11) is 0. The molecule has 156 valence electrons. The Morgan fingerprint density at radius 3 is 2.40 bits per heavy atom. The van der Waals surface area contributed by atoms with Crippen LogP contribution in [0.2, 0.25) is 5.02 Å². The number of β-amino-alcohol motifs (C(OH)–C–C–N with tert-alkyl or cyclic N) is 1. The summed E-state index contributed by atoms with van der Waals surface area (Å²) in [5, 5.41) is 18.2. The molecule has 1 aliphatic heterocycles. The van der Waals surface area contributed by atoms with Gasteiger partial charge in [-0.3, -0.25) is 4.79 Å². The van der Waals surface area contributed by atoms with E-state index in [0.29, 0.717) is 6.07 Å². The number of benzene rings is 2. The van der Waals surface area contributed by atoms with E-state index in [1.165, 1.54) is 4.90 Å². The van der Waals surface area contributed by atoms with Crippen LogP contribution in [-0.4, -0.2) is 39.9 Å². The molecule has 11 heteroatoms. The highest BCUT2D eigenvalue weighted by Crippen LogP contribution is 2.39. The molecule has 4 rings (SSSR count). The first-order chi connectivity index (χ1) is 14.1. The van der Waals surface area contributed by atoms with Gasteiger partial charge >= 0.3 is 5.97 Å². The molecule has 0 amide bonds. The molecule has 0 unspecified atom stereocenters. The van der Waals surface area contributed by atoms with Crippen LogP contribution in [-0.2, 0) is 0 Å². The van der Waals surface area contributed by atoms with Gasteiger partial charge in [-0.25, -0.2) is 18.0 Å². The van der Waals surface area contributed by atoms with Gasteiger partial charge in [0, 0.05) is 25.4 Å². The Bertz CT molecular complexity index is 1290. The van der Waals surface area contributed by atoms with E-state index in [4.69, 9.17) is 17.3 Å². The van der Waals surface area contributed by atoms with E-state index in [1.807, 2.05) is 0 Å². The lowest BCUT2D eigenvalue weighted by molar-refractivity contribution is 0.0695. The van der Waals surface area contributed by atoms with Crippen molar-refractivity contribution in [1.82, 2.24) is 4.57 Å². The summed E-state index contributed by atoms with van der Waals surface area (Å²) < 4.78 is 43.9. The van der Waals surface area contributed by atoms with E-state index in [9.17, 15) is 33.0 Å². The number of aliphatic hydroxyl groups is 1. The highest BCUT2D eigenvalue weighted by Gasteiger charge is 2.31. The van der Waals surface area contributed by atoms with Gasteiger partial charge in [0.15, 0.2) is 0 Å². The highest BCUT2D eigenvalue weighted by atomic mass is 35.5. The van der Waals surface area contributed by atoms with Gasteiger partial charge in [0.05, 0.1) is 39.1 Å². The van der Waals surface area contributed by atoms with E-state index in [0.717, 1.165) is 22.9 Å². The van der Waals surface area contributed by atoms with Gasteiger partial charge in [0.1, 0.15) is 23.0 Å². The molecule has 0 bridgehead atoms. The van der Waals surface area contributed by atoms with Crippen molar-refractivity contribution < 1.29 is 28.2 Å². The first-order valence-electron chi connectivity index (χ1n) is 8.58. The van der Waals surface area contributed by atoms with E-state index < -0.39 is 51.6 Å². The molecule has 0 spiro atoms. The number of nitrogens with zero attached hydrogens (tertiary/aromatic N) is 2. The van der Waals surface area contributed by atoms with Gasteiger partial charge in [0.25, 0.3) is 0 Å². The quantitative estimate of drug-likeness (QED) is 0.541. The molecule has 2 aromatic carbocycles. The second kappa shape index (κ2) is 6.92. The second-order valence-corrected chi connectivity index (χ2v) is 7.23. The number of rotatable bonds is 3. The molecule has 0 aliphatic carbocycles. The molecule has 0 radical (unpaired) electrons. The lowest BCUT2D eigenvalue weighted by Gasteiger charge is -2.38. The summed E-state index contributed by atoms with van der Waals surface area (Å²) >= 11 is 6.39. The second-order valence-electron chi connectivity index (χ2n) is 6.85. The summed E-state index contributed by atoms with van der Waals surface area (Å²) in [6.07, 6.45) is 0.128. The standard InChI is InChI=1S/C19H13ClF3N3O4/c20-15-16-8(1-12(23)17(15)25-4-7(27)5-25)18(28)9(19(29)30)6-26(16)14-3-13(24)10(21)2-11(14)22/h1-3,6-7,27H,4-5,24H2,(H,29,30). The number of carboxylic acid groups (broad SMARTS) is 1. The molecular formula is C19H13ClF3N3O4. The predicted octanol–water partition coefficient (Wildman–Crippen LogP) is 2.52. The predicted molar refractivity (Wildman–Crippen MR) is 104 cm³/mol. The van der Waals surface area contributed by atoms with Crippen molar-refractivity contribution in [1.29, 1.82) is 0 Å². The van der Waals surface area contributed by atoms with E-state index >= 15 is 0 Å². The smallest absolute Gasteiger partial charge is 0.341 e. The number of aromatic nitrogens is 1. The van der Waals surface area contributed by atoms with Crippen LogP contribution in [0.5, 0.6) is 0 Å². The molecule has 7 nitrogen and oxygen atoms in total. The van der Waals surface area contributed by atoms with Crippen molar-refractivity contribution in [3.05, 3.63) is 62.7 Å². The number of pyridine rings is 1. The number of carboxylic acids is 1. The van der Waals surface area contributed by atoms with Crippen LogP contribution in [0.4, 0.5) is 24.5 Å². The maximum Gasteiger partial charge on any atom is 0.341 e. The number of aliphatic hydroxyl groups excluding tert-OH is 1. The number of nitrogen functional groups attached to an aromatic ring is 1. The van der Waals surface area contributed by atoms with Crippen LogP contribution in [0.25, 0.3) is 16.6 Å². The maximum absolute atomic E-state index is 14.8. The Hall–Kier alpha value is -3.24. The zero-order chi connectivity index (χ0) is 21.9. The third kappa shape index (κ3) is 2.96. The van der Waals surface area contributed by atoms with Gasteiger partial charge in [-0.15, -0.1) is 0 Å². The number of fused-ring (bicyclic) bond motifs is 1. The minimum atomic E-state index is -1.63. The van der Waals surface area contributed by atoms with Gasteiger partial charge in [-0.1, -0.05) is 11.6 Å². The number of hydrogen-bond donors (Lipinski definition) is 3. The number of nitrogens with two attached hydrogens (primary N) is 1. The topological polar surface area (TPSA) is 109 Å². The van der Waals surface area contributed by atoms with Gasteiger partial charge in [-0.05, 0) is 12.1 Å². The monoisotopic (exact) mass is 439 g/mol. The first-order valence-corrected chi connectivity index (χ1v) is 8.96. The fraction of sp³-hybridized carbons (Fsp3) is 0.158. The van der Waals surface area contributed by atoms with Crippen LogP contribution < -0.4 is 16.1 Å². The van der Waals surface area contributed by atoms with Crippen molar-refractivity contribution >= 4 is 39.8 Å². The van der Waals surface area contributed by atoms with Crippen molar-refractivity contribution in [2.45, 2.75) is 6.10 Å². The van der Waals surface area contributed by atoms with E-state index in [2.05, 4.69) is 0 Å². The van der Waals surface area contributed by atoms with E-state index in [-0.39, 0.29) is 35.0 Å². The molecule has 1 fully saturated rings. The summed E-state index contributed by atoms with van der Waals surface area (Å²) in [4.78, 5) is 25.6. The number of halogens is 4. The lowest BCUT2D eigenvalue weighted by Crippen LogP contribution is -2.51. The van der Waals surface area contributed by atoms with Crippen LogP contribution in [0, 0.1) is 17.5 Å². The largest absolute Gasteiger partial charge is 0.477 e. The molecule has 1 saturated heterocycles. The molecule has 2 heterocycles. The van der Waals surface area contributed by atoms with Gasteiger partial charge < -0.3 is 25.4 Å². The number of hydrogen-bond acceptors (Lipinski definition) is 5. The Labute approximate surface area is 171 Å². The van der Waals surface area contributed by atoms with Gasteiger partial charge in [-0.2, -0.15) is 0 Å². The van der Waals surface area contributed by atoms with Crippen molar-refractivity contribution in [2.24, 2.45) is 0 Å². The normalized spacial score (nSPS) is 14.2. The number of anilines is 2. The molecule has 4 N–H and O–H groups in total. The maximum atomic E-state index is 14.8. The van der Waals surface area contributed by atoms with Gasteiger partial charge in [0.2, 0.25) is 5.43 Å². The minimum absolute atomic E-state index is 0.0808. The average molecular weight is 440 g/mol. The molecule has 30 heavy (non-hydrogen) atoms.